The van der Waals surface area contributed by atoms with E-state index in [9.17, 15) is 8.42 Å². The topological polar surface area (TPSA) is 89.8 Å². The first-order chi connectivity index (χ1) is 11.6. The van der Waals surface area contributed by atoms with Crippen LogP contribution in [0.15, 0.2) is 24.3 Å². The average Bonchev–Trinajstić information content (AvgIpc) is 2.97. The Kier molecular flexibility index (Phi) is 5.17. The van der Waals surface area contributed by atoms with Crippen LogP contribution in [0.4, 0.5) is 0 Å². The molecule has 0 unspecified atom stereocenters. The molecule has 1 aromatic carbocycles. The van der Waals surface area contributed by atoms with Crippen molar-refractivity contribution in [1.82, 2.24) is 14.3 Å². The van der Waals surface area contributed by atoms with Gasteiger partial charge in [0.15, 0.2) is 0 Å². The number of unbranched alkanes of at least 4 members (excludes halogenated alkanes) is 1. The number of rotatable bonds is 6. The summed E-state index contributed by atoms with van der Waals surface area (Å²) in [6, 6.07) is 9.96. The van der Waals surface area contributed by atoms with E-state index in [1.54, 1.807) is 4.31 Å². The standard InChI is InChI=1S/C17H22N4O2S/c18-9-3-4-12-24(22,23)21-10-7-14(8-11-21)13-17-19-15-5-1-2-6-16(15)20-17/h1-2,5-6,14H,3-4,7-8,10-13H2,(H,19,20). The predicted octanol–water partition coefficient (Wildman–Crippen LogP) is 2.45. The molecule has 1 aromatic heterocycles. The maximum Gasteiger partial charge on any atom is 0.214 e. The van der Waals surface area contributed by atoms with Crippen LogP contribution < -0.4 is 0 Å². The van der Waals surface area contributed by atoms with Crippen LogP contribution in [0.5, 0.6) is 0 Å². The van der Waals surface area contributed by atoms with E-state index in [2.05, 4.69) is 9.97 Å². The van der Waals surface area contributed by atoms with E-state index in [0.29, 0.717) is 31.8 Å². The fourth-order valence-corrected chi connectivity index (χ4v) is 4.76. The molecule has 1 aliphatic rings. The summed E-state index contributed by atoms with van der Waals surface area (Å²) < 4.78 is 26.1. The summed E-state index contributed by atoms with van der Waals surface area (Å²) in [5.74, 6) is 1.51. The van der Waals surface area contributed by atoms with Crippen molar-refractivity contribution >= 4 is 21.1 Å². The number of piperidine rings is 1. The largest absolute Gasteiger partial charge is 0.342 e. The summed E-state index contributed by atoms with van der Waals surface area (Å²) in [7, 11) is -3.21. The molecule has 6 nitrogen and oxygen atoms in total. The zero-order valence-electron chi connectivity index (χ0n) is 13.6. The summed E-state index contributed by atoms with van der Waals surface area (Å²) in [5.41, 5.74) is 2.02. The molecule has 24 heavy (non-hydrogen) atoms. The predicted molar refractivity (Wildman–Crippen MR) is 92.7 cm³/mol. The Labute approximate surface area is 142 Å². The molecule has 1 saturated heterocycles. The van der Waals surface area contributed by atoms with Crippen molar-refractivity contribution in [3.05, 3.63) is 30.1 Å². The smallest absolute Gasteiger partial charge is 0.214 e. The minimum atomic E-state index is -3.21. The lowest BCUT2D eigenvalue weighted by Gasteiger charge is -2.30. The zero-order valence-corrected chi connectivity index (χ0v) is 14.4. The van der Waals surface area contributed by atoms with Crippen molar-refractivity contribution < 1.29 is 8.42 Å². The van der Waals surface area contributed by atoms with Crippen LogP contribution in [-0.4, -0.2) is 41.5 Å². The molecule has 0 radical (unpaired) electrons. The summed E-state index contributed by atoms with van der Waals surface area (Å²) >= 11 is 0. The molecule has 3 rings (SSSR count). The third kappa shape index (κ3) is 3.94. The SMILES string of the molecule is N#CCCCS(=O)(=O)N1CCC(Cc2nc3ccccc3[nH]2)CC1. The number of sulfonamides is 1. The first kappa shape index (κ1) is 16.9. The highest BCUT2D eigenvalue weighted by molar-refractivity contribution is 7.89. The Morgan fingerprint density at radius 3 is 2.75 bits per heavy atom. The van der Waals surface area contributed by atoms with E-state index in [1.807, 2.05) is 30.3 Å². The number of nitrogens with zero attached hydrogens (tertiary/aromatic N) is 3. The molecule has 0 amide bonds. The second-order valence-corrected chi connectivity index (χ2v) is 8.41. The van der Waals surface area contributed by atoms with Gasteiger partial charge in [-0.15, -0.1) is 0 Å². The van der Waals surface area contributed by atoms with Gasteiger partial charge in [-0.05, 0) is 37.3 Å². The summed E-state index contributed by atoms with van der Waals surface area (Å²) in [4.78, 5) is 7.95. The number of benzene rings is 1. The zero-order chi connectivity index (χ0) is 17.0. The van der Waals surface area contributed by atoms with Gasteiger partial charge in [-0.2, -0.15) is 5.26 Å². The minimum Gasteiger partial charge on any atom is -0.342 e. The number of H-pyrrole nitrogens is 1. The van der Waals surface area contributed by atoms with Gasteiger partial charge in [0.25, 0.3) is 0 Å². The van der Waals surface area contributed by atoms with E-state index in [-0.39, 0.29) is 5.75 Å². The molecule has 1 aliphatic heterocycles. The molecule has 1 N–H and O–H groups in total. The highest BCUT2D eigenvalue weighted by Gasteiger charge is 2.28. The maximum atomic E-state index is 12.2. The summed E-state index contributed by atoms with van der Waals surface area (Å²) in [6.07, 6.45) is 3.28. The van der Waals surface area contributed by atoms with Crippen molar-refractivity contribution in [2.75, 3.05) is 18.8 Å². The molecule has 2 heterocycles. The quantitative estimate of drug-likeness (QED) is 0.814. The highest BCUT2D eigenvalue weighted by atomic mass is 32.2. The number of hydrogen-bond acceptors (Lipinski definition) is 4. The van der Waals surface area contributed by atoms with Crippen LogP contribution in [0.2, 0.25) is 0 Å². The van der Waals surface area contributed by atoms with Gasteiger partial charge in [-0.25, -0.2) is 17.7 Å². The van der Waals surface area contributed by atoms with Crippen LogP contribution in [0.3, 0.4) is 0 Å². The number of nitrogens with one attached hydrogen (secondary N) is 1. The van der Waals surface area contributed by atoms with Gasteiger partial charge in [0.1, 0.15) is 5.82 Å². The third-order valence-electron chi connectivity index (χ3n) is 4.58. The van der Waals surface area contributed by atoms with Crippen LogP contribution in [0.1, 0.15) is 31.5 Å². The molecule has 0 atom stereocenters. The van der Waals surface area contributed by atoms with Gasteiger partial charge < -0.3 is 4.98 Å². The Hall–Kier alpha value is -1.91. The van der Waals surface area contributed by atoms with Crippen molar-refractivity contribution in [2.45, 2.75) is 32.1 Å². The summed E-state index contributed by atoms with van der Waals surface area (Å²) in [5, 5.41) is 8.53. The molecule has 1 fully saturated rings. The molecule has 0 aliphatic carbocycles. The van der Waals surface area contributed by atoms with Gasteiger partial charge in [0.05, 0.1) is 22.9 Å². The van der Waals surface area contributed by atoms with E-state index >= 15 is 0 Å². The molecule has 0 bridgehead atoms. The molecular formula is C17H22N4O2S. The summed E-state index contributed by atoms with van der Waals surface area (Å²) in [6.45, 7) is 1.14. The van der Waals surface area contributed by atoms with Crippen LogP contribution in [0, 0.1) is 17.2 Å². The number of fused-ring (bicyclic) bond motifs is 1. The Balaban J connectivity index is 1.54. The highest BCUT2D eigenvalue weighted by Crippen LogP contribution is 2.24. The first-order valence-electron chi connectivity index (χ1n) is 8.37. The van der Waals surface area contributed by atoms with Crippen molar-refractivity contribution in [3.8, 4) is 6.07 Å². The van der Waals surface area contributed by atoms with Gasteiger partial charge in [0.2, 0.25) is 10.0 Å². The van der Waals surface area contributed by atoms with E-state index in [4.69, 9.17) is 5.26 Å². The van der Waals surface area contributed by atoms with Crippen LogP contribution in [-0.2, 0) is 16.4 Å². The Bertz CT molecular complexity index is 797. The fraction of sp³-hybridized carbons (Fsp3) is 0.529. The number of aromatic nitrogens is 2. The third-order valence-corrected chi connectivity index (χ3v) is 6.53. The van der Waals surface area contributed by atoms with Crippen molar-refractivity contribution in [3.63, 3.8) is 0 Å². The Morgan fingerprint density at radius 2 is 2.04 bits per heavy atom. The molecule has 0 saturated carbocycles. The number of nitriles is 1. The van der Waals surface area contributed by atoms with E-state index in [1.165, 1.54) is 0 Å². The Morgan fingerprint density at radius 1 is 1.29 bits per heavy atom. The normalized spacial score (nSPS) is 17.1. The number of para-hydroxylation sites is 2. The van der Waals surface area contributed by atoms with Crippen LogP contribution in [0.25, 0.3) is 11.0 Å². The average molecular weight is 346 g/mol. The van der Waals surface area contributed by atoms with Crippen LogP contribution >= 0.6 is 0 Å². The van der Waals surface area contributed by atoms with Crippen molar-refractivity contribution in [1.29, 1.82) is 5.26 Å². The second kappa shape index (κ2) is 7.32. The maximum absolute atomic E-state index is 12.2. The van der Waals surface area contributed by atoms with Gasteiger partial charge in [-0.3, -0.25) is 0 Å². The van der Waals surface area contributed by atoms with E-state index in [0.717, 1.165) is 36.1 Å². The fourth-order valence-electron chi connectivity index (χ4n) is 3.23. The lowest BCUT2D eigenvalue weighted by molar-refractivity contribution is 0.270. The second-order valence-electron chi connectivity index (χ2n) is 6.32. The molecule has 7 heteroatoms. The monoisotopic (exact) mass is 346 g/mol. The van der Waals surface area contributed by atoms with Crippen molar-refractivity contribution in [2.24, 2.45) is 5.92 Å². The van der Waals surface area contributed by atoms with Gasteiger partial charge >= 0.3 is 0 Å². The number of hydrogen-bond donors (Lipinski definition) is 1. The van der Waals surface area contributed by atoms with E-state index < -0.39 is 10.0 Å². The molecular weight excluding hydrogens is 324 g/mol. The molecule has 128 valence electrons. The minimum absolute atomic E-state index is 0.0782. The first-order valence-corrected chi connectivity index (χ1v) is 9.98. The lowest BCUT2D eigenvalue weighted by Crippen LogP contribution is -2.40. The van der Waals surface area contributed by atoms with Gasteiger partial charge in [0, 0.05) is 25.9 Å². The number of aromatic amines is 1. The molecule has 2 aromatic rings. The lowest BCUT2D eigenvalue weighted by atomic mass is 9.94. The number of imidazole rings is 1. The van der Waals surface area contributed by atoms with Gasteiger partial charge in [-0.1, -0.05) is 12.1 Å². The molecule has 0 spiro atoms.